The van der Waals surface area contributed by atoms with Gasteiger partial charge in [0.15, 0.2) is 0 Å². The molecule has 0 bridgehead atoms. The van der Waals surface area contributed by atoms with Crippen LogP contribution in [-0.2, 0) is 21.4 Å². The number of hydrogen-bond donors (Lipinski definition) is 0. The Bertz CT molecular complexity index is 776. The zero-order valence-corrected chi connectivity index (χ0v) is 13.4. The van der Waals surface area contributed by atoms with Crippen LogP contribution in [0.5, 0.6) is 0 Å². The van der Waals surface area contributed by atoms with Crippen LogP contribution in [0.4, 0.5) is 18.9 Å². The molecule has 1 aliphatic rings. The Labute approximate surface area is 141 Å². The van der Waals surface area contributed by atoms with Gasteiger partial charge in [-0.3, -0.25) is 4.79 Å². The lowest BCUT2D eigenvalue weighted by molar-refractivity contribution is -0.192. The number of carbonyl (C=O) groups is 1. The SMILES string of the molecule is CC[C@]1(c2ccc(Cl)cc2)ON(c2ccccc2C(F)(F)F)C1=O. The van der Waals surface area contributed by atoms with Crippen molar-refractivity contribution in [2.24, 2.45) is 0 Å². The molecule has 1 aliphatic heterocycles. The highest BCUT2D eigenvalue weighted by Gasteiger charge is 2.56. The van der Waals surface area contributed by atoms with Crippen LogP contribution in [0.2, 0.25) is 5.02 Å². The molecule has 0 unspecified atom stereocenters. The van der Waals surface area contributed by atoms with Gasteiger partial charge in [-0.1, -0.05) is 42.8 Å². The lowest BCUT2D eigenvalue weighted by Crippen LogP contribution is -2.62. The molecular formula is C17H13ClF3NO2. The summed E-state index contributed by atoms with van der Waals surface area (Å²) < 4.78 is 39.4. The fourth-order valence-electron chi connectivity index (χ4n) is 2.73. The predicted molar refractivity (Wildman–Crippen MR) is 83.4 cm³/mol. The molecular weight excluding hydrogens is 343 g/mol. The van der Waals surface area contributed by atoms with E-state index in [-0.39, 0.29) is 12.1 Å². The van der Waals surface area contributed by atoms with Crippen LogP contribution in [0.25, 0.3) is 0 Å². The number of nitrogens with zero attached hydrogens (tertiary/aromatic N) is 1. The zero-order valence-electron chi connectivity index (χ0n) is 12.6. The first-order valence-corrected chi connectivity index (χ1v) is 7.63. The maximum Gasteiger partial charge on any atom is 0.418 e. The zero-order chi connectivity index (χ0) is 17.5. The summed E-state index contributed by atoms with van der Waals surface area (Å²) >= 11 is 5.84. The van der Waals surface area contributed by atoms with E-state index in [0.29, 0.717) is 15.6 Å². The topological polar surface area (TPSA) is 29.5 Å². The third kappa shape index (κ3) is 2.56. The summed E-state index contributed by atoms with van der Waals surface area (Å²) in [5, 5.41) is 1.21. The van der Waals surface area contributed by atoms with Crippen LogP contribution in [-0.4, -0.2) is 5.91 Å². The van der Waals surface area contributed by atoms with Gasteiger partial charge in [-0.25, -0.2) is 4.84 Å². The molecule has 126 valence electrons. The summed E-state index contributed by atoms with van der Waals surface area (Å²) in [7, 11) is 0. The van der Waals surface area contributed by atoms with E-state index in [1.165, 1.54) is 18.2 Å². The molecule has 0 spiro atoms. The molecule has 1 saturated heterocycles. The fraction of sp³-hybridized carbons (Fsp3) is 0.235. The second kappa shape index (κ2) is 5.79. The minimum atomic E-state index is -4.58. The minimum absolute atomic E-state index is 0.290. The highest BCUT2D eigenvalue weighted by atomic mass is 35.5. The predicted octanol–water partition coefficient (Wildman–Crippen LogP) is 4.94. The van der Waals surface area contributed by atoms with Crippen molar-refractivity contribution in [3.05, 3.63) is 64.7 Å². The van der Waals surface area contributed by atoms with E-state index in [1.807, 2.05) is 0 Å². The highest BCUT2D eigenvalue weighted by Crippen LogP contribution is 2.46. The first-order chi connectivity index (χ1) is 11.3. The lowest BCUT2D eigenvalue weighted by Gasteiger charge is -2.47. The van der Waals surface area contributed by atoms with Crippen LogP contribution in [0.3, 0.4) is 0 Å². The van der Waals surface area contributed by atoms with Gasteiger partial charge in [-0.05, 0) is 36.2 Å². The summed E-state index contributed by atoms with van der Waals surface area (Å²) in [5.74, 6) is -0.538. The van der Waals surface area contributed by atoms with Gasteiger partial charge < -0.3 is 0 Å². The number of alkyl halides is 3. The number of carbonyl (C=O) groups excluding carboxylic acids is 1. The van der Waals surface area contributed by atoms with Gasteiger partial charge >= 0.3 is 6.18 Å². The Morgan fingerprint density at radius 3 is 2.29 bits per heavy atom. The summed E-state index contributed by atoms with van der Waals surface area (Å²) in [5.41, 5.74) is -1.96. The van der Waals surface area contributed by atoms with E-state index < -0.39 is 23.2 Å². The number of anilines is 1. The molecule has 2 aromatic rings. The Kier molecular flexibility index (Phi) is 4.05. The number of hydrogen-bond acceptors (Lipinski definition) is 2. The number of halogens is 4. The van der Waals surface area contributed by atoms with Gasteiger partial charge in [0.05, 0.1) is 11.3 Å². The van der Waals surface area contributed by atoms with E-state index in [2.05, 4.69) is 0 Å². The van der Waals surface area contributed by atoms with E-state index in [9.17, 15) is 18.0 Å². The van der Waals surface area contributed by atoms with Crippen LogP contribution in [0, 0.1) is 0 Å². The van der Waals surface area contributed by atoms with Crippen molar-refractivity contribution in [3.8, 4) is 0 Å². The number of rotatable bonds is 3. The monoisotopic (exact) mass is 355 g/mol. The number of benzene rings is 2. The average molecular weight is 356 g/mol. The van der Waals surface area contributed by atoms with Gasteiger partial charge in [-0.2, -0.15) is 18.2 Å². The van der Waals surface area contributed by atoms with Crippen molar-refractivity contribution in [1.29, 1.82) is 0 Å². The van der Waals surface area contributed by atoms with Gasteiger partial charge in [-0.15, -0.1) is 0 Å². The molecule has 0 aromatic heterocycles. The first-order valence-electron chi connectivity index (χ1n) is 7.25. The third-order valence-electron chi connectivity index (χ3n) is 4.01. The molecule has 3 rings (SSSR count). The quantitative estimate of drug-likeness (QED) is 0.780. The number of para-hydroxylation sites is 1. The molecule has 1 amide bonds. The maximum atomic E-state index is 13.1. The standard InChI is InChI=1S/C17H13ClF3NO2/c1-2-16(11-7-9-12(18)10-8-11)15(23)22(24-16)14-6-4-3-5-13(14)17(19,20)21/h3-10H,2H2,1H3/t16-/m1/s1. The van der Waals surface area contributed by atoms with Crippen LogP contribution < -0.4 is 5.06 Å². The van der Waals surface area contributed by atoms with Crippen LogP contribution in [0.15, 0.2) is 48.5 Å². The highest BCUT2D eigenvalue weighted by molar-refractivity contribution is 6.30. The third-order valence-corrected chi connectivity index (χ3v) is 4.27. The molecule has 0 aliphatic carbocycles. The van der Waals surface area contributed by atoms with Gasteiger partial charge in [0.25, 0.3) is 5.91 Å². The minimum Gasteiger partial charge on any atom is -0.268 e. The van der Waals surface area contributed by atoms with E-state index in [4.69, 9.17) is 16.4 Å². The Morgan fingerprint density at radius 1 is 1.12 bits per heavy atom. The van der Waals surface area contributed by atoms with Crippen molar-refractivity contribution in [3.63, 3.8) is 0 Å². The number of hydroxylamine groups is 1. The number of amides is 1. The molecule has 7 heteroatoms. The second-order valence-electron chi connectivity index (χ2n) is 5.39. The molecule has 0 radical (unpaired) electrons. The van der Waals surface area contributed by atoms with Gasteiger partial charge in [0, 0.05) is 5.02 Å². The summed E-state index contributed by atoms with van der Waals surface area (Å²) in [6.45, 7) is 1.74. The summed E-state index contributed by atoms with van der Waals surface area (Å²) in [6, 6.07) is 11.3. The molecule has 1 fully saturated rings. The van der Waals surface area contributed by atoms with Gasteiger partial charge in [0.1, 0.15) is 0 Å². The van der Waals surface area contributed by atoms with Crippen molar-refractivity contribution < 1.29 is 22.8 Å². The normalized spacial score (nSPS) is 20.9. The molecule has 3 nitrogen and oxygen atoms in total. The van der Waals surface area contributed by atoms with Crippen molar-refractivity contribution in [2.45, 2.75) is 25.1 Å². The van der Waals surface area contributed by atoms with E-state index in [0.717, 1.165) is 6.07 Å². The summed E-state index contributed by atoms with van der Waals surface area (Å²) in [4.78, 5) is 18.3. The largest absolute Gasteiger partial charge is 0.418 e. The Hall–Kier alpha value is -2.05. The van der Waals surface area contributed by atoms with Crippen molar-refractivity contribution in [2.75, 3.05) is 5.06 Å². The van der Waals surface area contributed by atoms with Crippen molar-refractivity contribution in [1.82, 2.24) is 0 Å². The summed E-state index contributed by atoms with van der Waals surface area (Å²) in [6.07, 6.45) is -4.29. The molecule has 0 N–H and O–H groups in total. The van der Waals surface area contributed by atoms with Crippen molar-refractivity contribution >= 4 is 23.2 Å². The average Bonchev–Trinajstić information content (AvgIpc) is 2.55. The molecule has 1 heterocycles. The molecule has 0 saturated carbocycles. The maximum absolute atomic E-state index is 13.1. The fourth-order valence-corrected chi connectivity index (χ4v) is 2.85. The van der Waals surface area contributed by atoms with Crippen LogP contribution >= 0.6 is 11.6 Å². The van der Waals surface area contributed by atoms with E-state index in [1.54, 1.807) is 31.2 Å². The van der Waals surface area contributed by atoms with Gasteiger partial charge in [0.2, 0.25) is 5.60 Å². The second-order valence-corrected chi connectivity index (χ2v) is 5.83. The Balaban J connectivity index is 1.96. The van der Waals surface area contributed by atoms with E-state index >= 15 is 0 Å². The first kappa shape index (κ1) is 16.8. The van der Waals surface area contributed by atoms with Crippen LogP contribution in [0.1, 0.15) is 24.5 Å². The molecule has 24 heavy (non-hydrogen) atoms. The Morgan fingerprint density at radius 2 is 1.75 bits per heavy atom. The molecule has 2 aromatic carbocycles. The molecule has 1 atom stereocenters. The smallest absolute Gasteiger partial charge is 0.268 e. The lowest BCUT2D eigenvalue weighted by atomic mass is 9.87.